The van der Waals surface area contributed by atoms with Crippen molar-refractivity contribution in [1.29, 1.82) is 0 Å². The Morgan fingerprint density at radius 2 is 1.90 bits per heavy atom. The lowest BCUT2D eigenvalue weighted by Gasteiger charge is -2.45. The third-order valence-corrected chi connectivity index (χ3v) is 5.83. The predicted octanol–water partition coefficient (Wildman–Crippen LogP) is 1.45. The van der Waals surface area contributed by atoms with Crippen molar-refractivity contribution in [2.45, 2.75) is 64.1 Å². The van der Waals surface area contributed by atoms with Gasteiger partial charge in [0.15, 0.2) is 0 Å². The largest absolute Gasteiger partial charge is 0.337 e. The molecule has 4 nitrogen and oxygen atoms in total. The second-order valence-corrected chi connectivity index (χ2v) is 7.22. The zero-order valence-corrected chi connectivity index (χ0v) is 12.9. The van der Waals surface area contributed by atoms with Crippen molar-refractivity contribution in [2.24, 2.45) is 17.6 Å². The number of hydrogen-bond acceptors (Lipinski definition) is 3. The lowest BCUT2D eigenvalue weighted by Crippen LogP contribution is -2.60. The predicted molar refractivity (Wildman–Crippen MR) is 80.3 cm³/mol. The van der Waals surface area contributed by atoms with Crippen LogP contribution in [-0.4, -0.2) is 53.5 Å². The van der Waals surface area contributed by atoms with Crippen LogP contribution in [0.1, 0.15) is 46.0 Å². The fraction of sp³-hybridized carbons (Fsp3) is 0.938. The molecule has 5 atom stereocenters. The van der Waals surface area contributed by atoms with E-state index in [1.165, 1.54) is 25.8 Å². The fourth-order valence-electron chi connectivity index (χ4n) is 4.44. The summed E-state index contributed by atoms with van der Waals surface area (Å²) in [6.45, 7) is 7.59. The summed E-state index contributed by atoms with van der Waals surface area (Å²) < 4.78 is 0. The van der Waals surface area contributed by atoms with Crippen molar-refractivity contribution >= 4 is 5.91 Å². The molecule has 1 aliphatic carbocycles. The molecule has 1 saturated carbocycles. The maximum Gasteiger partial charge on any atom is 0.227 e. The van der Waals surface area contributed by atoms with Crippen molar-refractivity contribution in [2.75, 3.05) is 19.6 Å². The molecule has 0 bridgehead atoms. The van der Waals surface area contributed by atoms with Gasteiger partial charge in [0, 0.05) is 31.2 Å². The highest BCUT2D eigenvalue weighted by Crippen LogP contribution is 2.32. The van der Waals surface area contributed by atoms with Crippen LogP contribution < -0.4 is 5.73 Å². The molecule has 2 saturated heterocycles. The van der Waals surface area contributed by atoms with Gasteiger partial charge in [0.1, 0.15) is 0 Å². The van der Waals surface area contributed by atoms with Crippen LogP contribution in [0.15, 0.2) is 0 Å². The highest BCUT2D eigenvalue weighted by molar-refractivity contribution is 5.80. The Hall–Kier alpha value is -0.610. The zero-order chi connectivity index (χ0) is 14.3. The first kappa shape index (κ1) is 14.3. The van der Waals surface area contributed by atoms with Crippen molar-refractivity contribution in [3.63, 3.8) is 0 Å². The van der Waals surface area contributed by atoms with Gasteiger partial charge in [0.05, 0.1) is 5.92 Å². The third-order valence-electron chi connectivity index (χ3n) is 5.83. The maximum atomic E-state index is 12.9. The summed E-state index contributed by atoms with van der Waals surface area (Å²) >= 11 is 0. The molecule has 0 radical (unpaired) electrons. The lowest BCUT2D eigenvalue weighted by atomic mass is 9.77. The molecule has 0 aromatic carbocycles. The molecular formula is C16H29N3O. The number of nitrogens with zero attached hydrogens (tertiary/aromatic N) is 2. The first-order chi connectivity index (χ1) is 9.58. The molecule has 1 amide bonds. The summed E-state index contributed by atoms with van der Waals surface area (Å²) in [5.74, 6) is 0.887. The fourth-order valence-corrected chi connectivity index (χ4v) is 4.44. The van der Waals surface area contributed by atoms with Crippen LogP contribution in [0.3, 0.4) is 0 Å². The number of amides is 1. The molecule has 20 heavy (non-hydrogen) atoms. The van der Waals surface area contributed by atoms with E-state index in [9.17, 15) is 4.79 Å². The molecule has 3 fully saturated rings. The molecule has 3 aliphatic rings. The van der Waals surface area contributed by atoms with E-state index in [0.717, 1.165) is 25.9 Å². The minimum absolute atomic E-state index is 0.0602. The van der Waals surface area contributed by atoms with E-state index in [4.69, 9.17) is 5.73 Å². The smallest absolute Gasteiger partial charge is 0.227 e. The Kier molecular flexibility index (Phi) is 4.04. The molecule has 0 aromatic heterocycles. The Morgan fingerprint density at radius 1 is 1.10 bits per heavy atom. The van der Waals surface area contributed by atoms with E-state index in [2.05, 4.69) is 23.6 Å². The molecule has 0 aromatic rings. The van der Waals surface area contributed by atoms with E-state index in [1.807, 2.05) is 0 Å². The number of hydrogen-bond donors (Lipinski definition) is 1. The van der Waals surface area contributed by atoms with Gasteiger partial charge in [-0.2, -0.15) is 0 Å². The normalized spacial score (nSPS) is 42.5. The maximum absolute atomic E-state index is 12.9. The van der Waals surface area contributed by atoms with Crippen LogP contribution in [0.4, 0.5) is 0 Å². The van der Waals surface area contributed by atoms with E-state index in [0.29, 0.717) is 23.9 Å². The average Bonchev–Trinajstić information content (AvgIpc) is 2.87. The molecule has 4 heteroatoms. The molecule has 2 aliphatic heterocycles. The first-order valence-electron chi connectivity index (χ1n) is 8.38. The lowest BCUT2D eigenvalue weighted by molar-refractivity contribution is -0.143. The van der Waals surface area contributed by atoms with Gasteiger partial charge < -0.3 is 10.6 Å². The van der Waals surface area contributed by atoms with E-state index < -0.39 is 0 Å². The van der Waals surface area contributed by atoms with E-state index >= 15 is 0 Å². The highest BCUT2D eigenvalue weighted by Gasteiger charge is 2.41. The van der Waals surface area contributed by atoms with Crippen LogP contribution in [-0.2, 0) is 4.79 Å². The van der Waals surface area contributed by atoms with Gasteiger partial charge in [0.25, 0.3) is 0 Å². The minimum Gasteiger partial charge on any atom is -0.337 e. The molecule has 5 unspecified atom stereocenters. The van der Waals surface area contributed by atoms with Gasteiger partial charge in [-0.3, -0.25) is 9.69 Å². The van der Waals surface area contributed by atoms with Crippen molar-refractivity contribution in [1.82, 2.24) is 9.80 Å². The van der Waals surface area contributed by atoms with Gasteiger partial charge in [-0.05, 0) is 45.1 Å². The molecular weight excluding hydrogens is 250 g/mol. The van der Waals surface area contributed by atoms with Crippen LogP contribution in [0.5, 0.6) is 0 Å². The first-order valence-corrected chi connectivity index (χ1v) is 8.38. The van der Waals surface area contributed by atoms with Crippen LogP contribution >= 0.6 is 0 Å². The van der Waals surface area contributed by atoms with Gasteiger partial charge in [-0.15, -0.1) is 0 Å². The Labute approximate surface area is 122 Å². The van der Waals surface area contributed by atoms with Gasteiger partial charge in [-0.25, -0.2) is 0 Å². The van der Waals surface area contributed by atoms with Crippen LogP contribution in [0.2, 0.25) is 0 Å². The summed E-state index contributed by atoms with van der Waals surface area (Å²) in [5.41, 5.74) is 6.32. The van der Waals surface area contributed by atoms with Crippen molar-refractivity contribution in [3.8, 4) is 0 Å². The number of nitrogens with two attached hydrogens (primary N) is 1. The zero-order valence-electron chi connectivity index (χ0n) is 12.9. The SMILES string of the molecule is CC1CCCC(C(=O)N2CC3CCCN3CC2C)C1N. The topological polar surface area (TPSA) is 49.6 Å². The Bertz CT molecular complexity index is 373. The number of carbonyl (C=O) groups excluding carboxylic acids is 1. The van der Waals surface area contributed by atoms with Crippen molar-refractivity contribution in [3.05, 3.63) is 0 Å². The highest BCUT2D eigenvalue weighted by atomic mass is 16.2. The third kappa shape index (κ3) is 2.48. The summed E-state index contributed by atoms with van der Waals surface area (Å²) in [6, 6.07) is 1.01. The summed E-state index contributed by atoms with van der Waals surface area (Å²) in [6.07, 6.45) is 5.87. The Morgan fingerprint density at radius 3 is 2.70 bits per heavy atom. The van der Waals surface area contributed by atoms with Crippen LogP contribution in [0, 0.1) is 11.8 Å². The Balaban J connectivity index is 1.69. The molecule has 2 heterocycles. The number of piperazine rings is 1. The molecule has 114 valence electrons. The van der Waals surface area contributed by atoms with Gasteiger partial charge in [0.2, 0.25) is 5.91 Å². The minimum atomic E-state index is 0.0602. The molecule has 0 spiro atoms. The van der Waals surface area contributed by atoms with Crippen molar-refractivity contribution < 1.29 is 4.79 Å². The average molecular weight is 279 g/mol. The second kappa shape index (κ2) is 5.64. The van der Waals surface area contributed by atoms with Crippen LogP contribution in [0.25, 0.3) is 0 Å². The standard InChI is InChI=1S/C16H29N3O/c1-11-5-3-7-14(15(11)17)16(20)19-10-13-6-4-8-18(13)9-12(19)2/h11-15H,3-10,17H2,1-2H3. The van der Waals surface area contributed by atoms with Gasteiger partial charge in [-0.1, -0.05) is 13.3 Å². The van der Waals surface area contributed by atoms with E-state index in [-0.39, 0.29) is 12.0 Å². The monoisotopic (exact) mass is 279 g/mol. The van der Waals surface area contributed by atoms with E-state index in [1.54, 1.807) is 0 Å². The summed E-state index contributed by atoms with van der Waals surface area (Å²) in [5, 5.41) is 0. The molecule has 3 rings (SSSR count). The second-order valence-electron chi connectivity index (χ2n) is 7.22. The number of rotatable bonds is 1. The quantitative estimate of drug-likeness (QED) is 0.790. The molecule has 2 N–H and O–H groups in total. The summed E-state index contributed by atoms with van der Waals surface area (Å²) in [4.78, 5) is 17.7. The number of carbonyl (C=O) groups is 1. The van der Waals surface area contributed by atoms with Gasteiger partial charge >= 0.3 is 0 Å². The number of fused-ring (bicyclic) bond motifs is 1. The summed E-state index contributed by atoms with van der Waals surface area (Å²) in [7, 11) is 0.